The molecule has 0 unspecified atom stereocenters. The molecule has 0 saturated carbocycles. The number of hydrogen-bond donors (Lipinski definition) is 0. The van der Waals surface area contributed by atoms with Crippen LogP contribution in [0.4, 0.5) is 4.39 Å². The van der Waals surface area contributed by atoms with Crippen molar-refractivity contribution in [2.75, 3.05) is 5.88 Å². The number of ether oxygens (including phenoxy) is 1. The standard InChI is InChI=1S/C16H11Cl2FO/c17-9-3-5-12-4-1-2-6-16(12)20-11-13-10-14(19)7-8-15(13)18/h1-2,4,6-8,10H,9,11H2. The Balaban J connectivity index is 2.17. The van der Waals surface area contributed by atoms with E-state index >= 15 is 0 Å². The Labute approximate surface area is 127 Å². The summed E-state index contributed by atoms with van der Waals surface area (Å²) in [5.41, 5.74) is 1.33. The van der Waals surface area contributed by atoms with E-state index in [4.69, 9.17) is 27.9 Å². The largest absolute Gasteiger partial charge is 0.488 e. The lowest BCUT2D eigenvalue weighted by Gasteiger charge is -2.09. The molecule has 0 aliphatic carbocycles. The molecular weight excluding hydrogens is 298 g/mol. The van der Waals surface area contributed by atoms with Crippen LogP contribution in [0.25, 0.3) is 0 Å². The molecule has 102 valence electrons. The van der Waals surface area contributed by atoms with Gasteiger partial charge in [0, 0.05) is 10.6 Å². The van der Waals surface area contributed by atoms with E-state index in [1.54, 1.807) is 6.07 Å². The van der Waals surface area contributed by atoms with E-state index in [1.807, 2.05) is 18.2 Å². The molecule has 0 radical (unpaired) electrons. The maximum atomic E-state index is 13.2. The van der Waals surface area contributed by atoms with Crippen LogP contribution in [0.3, 0.4) is 0 Å². The molecule has 0 amide bonds. The van der Waals surface area contributed by atoms with E-state index < -0.39 is 0 Å². The minimum atomic E-state index is -0.344. The Morgan fingerprint density at radius 1 is 1.15 bits per heavy atom. The van der Waals surface area contributed by atoms with Gasteiger partial charge in [-0.15, -0.1) is 11.6 Å². The van der Waals surface area contributed by atoms with Gasteiger partial charge >= 0.3 is 0 Å². The molecule has 0 bridgehead atoms. The third-order valence-corrected chi connectivity index (χ3v) is 3.07. The summed E-state index contributed by atoms with van der Waals surface area (Å²) in [6.45, 7) is 0.177. The molecule has 20 heavy (non-hydrogen) atoms. The summed E-state index contributed by atoms with van der Waals surface area (Å²) in [7, 11) is 0. The van der Waals surface area contributed by atoms with Crippen molar-refractivity contribution >= 4 is 23.2 Å². The minimum absolute atomic E-state index is 0.177. The van der Waals surface area contributed by atoms with Gasteiger partial charge in [-0.05, 0) is 30.3 Å². The predicted octanol–water partition coefficient (Wildman–Crippen LogP) is 4.65. The molecule has 0 saturated heterocycles. The zero-order chi connectivity index (χ0) is 14.4. The second kappa shape index (κ2) is 7.19. The van der Waals surface area contributed by atoms with Crippen molar-refractivity contribution in [3.8, 4) is 17.6 Å². The van der Waals surface area contributed by atoms with Crippen LogP contribution in [0.15, 0.2) is 42.5 Å². The summed E-state index contributed by atoms with van der Waals surface area (Å²) in [6.07, 6.45) is 0. The Kier molecular flexibility index (Phi) is 5.29. The van der Waals surface area contributed by atoms with Gasteiger partial charge in [0.15, 0.2) is 0 Å². The summed E-state index contributed by atoms with van der Waals surface area (Å²) in [5.74, 6) is 6.21. The first kappa shape index (κ1) is 14.7. The number of alkyl halides is 1. The zero-order valence-electron chi connectivity index (χ0n) is 10.5. The van der Waals surface area contributed by atoms with Gasteiger partial charge in [-0.25, -0.2) is 4.39 Å². The van der Waals surface area contributed by atoms with E-state index in [0.29, 0.717) is 16.3 Å². The van der Waals surface area contributed by atoms with Crippen LogP contribution in [0.2, 0.25) is 5.02 Å². The van der Waals surface area contributed by atoms with Crippen LogP contribution in [-0.4, -0.2) is 5.88 Å². The molecule has 0 N–H and O–H groups in total. The summed E-state index contributed by atoms with van der Waals surface area (Å²) < 4.78 is 18.8. The van der Waals surface area contributed by atoms with Crippen molar-refractivity contribution in [3.63, 3.8) is 0 Å². The first-order valence-corrected chi connectivity index (χ1v) is 6.82. The number of hydrogen-bond acceptors (Lipinski definition) is 1. The Hall–Kier alpha value is -1.69. The molecule has 4 heteroatoms. The number of para-hydroxylation sites is 1. The fraction of sp³-hybridized carbons (Fsp3) is 0.125. The normalized spacial score (nSPS) is 9.75. The molecule has 0 aromatic heterocycles. The molecule has 0 spiro atoms. The first-order valence-electron chi connectivity index (χ1n) is 5.91. The summed E-state index contributed by atoms with van der Waals surface area (Å²) >= 11 is 11.5. The first-order chi connectivity index (χ1) is 9.70. The average molecular weight is 309 g/mol. The Morgan fingerprint density at radius 3 is 2.75 bits per heavy atom. The van der Waals surface area contributed by atoms with Crippen LogP contribution in [0, 0.1) is 17.7 Å². The van der Waals surface area contributed by atoms with Gasteiger partial charge in [-0.3, -0.25) is 0 Å². The van der Waals surface area contributed by atoms with Gasteiger partial charge in [0.25, 0.3) is 0 Å². The van der Waals surface area contributed by atoms with E-state index in [-0.39, 0.29) is 18.3 Å². The molecular formula is C16H11Cl2FO. The highest BCUT2D eigenvalue weighted by Crippen LogP contribution is 2.22. The third-order valence-electron chi connectivity index (χ3n) is 2.57. The SMILES string of the molecule is Fc1ccc(Cl)c(COc2ccccc2C#CCCl)c1. The third kappa shape index (κ3) is 3.90. The van der Waals surface area contributed by atoms with E-state index in [0.717, 1.165) is 5.56 Å². The molecule has 2 aromatic carbocycles. The number of rotatable bonds is 3. The smallest absolute Gasteiger partial charge is 0.135 e. The van der Waals surface area contributed by atoms with Crippen LogP contribution in [0.1, 0.15) is 11.1 Å². The quantitative estimate of drug-likeness (QED) is 0.592. The van der Waals surface area contributed by atoms with Crippen LogP contribution >= 0.6 is 23.2 Å². The predicted molar refractivity (Wildman–Crippen MR) is 79.8 cm³/mol. The van der Waals surface area contributed by atoms with Gasteiger partial charge in [-0.1, -0.05) is 35.6 Å². The van der Waals surface area contributed by atoms with Gasteiger partial charge < -0.3 is 4.74 Å². The van der Waals surface area contributed by atoms with Gasteiger partial charge in [-0.2, -0.15) is 0 Å². The second-order valence-corrected chi connectivity index (χ2v) is 4.63. The molecule has 2 rings (SSSR count). The highest BCUT2D eigenvalue weighted by Gasteiger charge is 2.05. The van der Waals surface area contributed by atoms with Crippen LogP contribution in [-0.2, 0) is 6.61 Å². The highest BCUT2D eigenvalue weighted by atomic mass is 35.5. The van der Waals surface area contributed by atoms with Crippen molar-refractivity contribution < 1.29 is 9.13 Å². The second-order valence-electron chi connectivity index (χ2n) is 3.96. The van der Waals surface area contributed by atoms with Crippen molar-refractivity contribution in [2.24, 2.45) is 0 Å². The van der Waals surface area contributed by atoms with Crippen molar-refractivity contribution in [1.82, 2.24) is 0 Å². The summed E-state index contributed by atoms with van der Waals surface area (Å²) in [6, 6.07) is 11.5. The minimum Gasteiger partial charge on any atom is -0.488 e. The van der Waals surface area contributed by atoms with Crippen LogP contribution < -0.4 is 4.74 Å². The lowest BCUT2D eigenvalue weighted by molar-refractivity contribution is 0.305. The highest BCUT2D eigenvalue weighted by molar-refractivity contribution is 6.31. The van der Waals surface area contributed by atoms with Gasteiger partial charge in [0.05, 0.1) is 11.4 Å². The topological polar surface area (TPSA) is 9.23 Å². The monoisotopic (exact) mass is 308 g/mol. The van der Waals surface area contributed by atoms with E-state index in [2.05, 4.69) is 11.8 Å². The Bertz CT molecular complexity index is 659. The number of halogens is 3. The maximum absolute atomic E-state index is 13.2. The fourth-order valence-electron chi connectivity index (χ4n) is 1.63. The van der Waals surface area contributed by atoms with Gasteiger partial charge in [0.2, 0.25) is 0 Å². The Morgan fingerprint density at radius 2 is 1.95 bits per heavy atom. The summed E-state index contributed by atoms with van der Waals surface area (Å²) in [4.78, 5) is 0. The number of benzene rings is 2. The average Bonchev–Trinajstić information content (AvgIpc) is 2.47. The molecule has 0 atom stereocenters. The van der Waals surface area contributed by atoms with E-state index in [1.165, 1.54) is 18.2 Å². The molecule has 1 nitrogen and oxygen atoms in total. The zero-order valence-corrected chi connectivity index (χ0v) is 12.0. The summed E-state index contributed by atoms with van der Waals surface area (Å²) in [5, 5.41) is 0.468. The molecule has 0 heterocycles. The van der Waals surface area contributed by atoms with Crippen molar-refractivity contribution in [3.05, 3.63) is 64.4 Å². The lowest BCUT2D eigenvalue weighted by atomic mass is 10.2. The van der Waals surface area contributed by atoms with Crippen molar-refractivity contribution in [1.29, 1.82) is 0 Å². The molecule has 0 aliphatic heterocycles. The van der Waals surface area contributed by atoms with Crippen LogP contribution in [0.5, 0.6) is 5.75 Å². The maximum Gasteiger partial charge on any atom is 0.135 e. The van der Waals surface area contributed by atoms with Gasteiger partial charge in [0.1, 0.15) is 18.2 Å². The molecule has 0 fully saturated rings. The fourth-order valence-corrected chi connectivity index (χ4v) is 1.87. The lowest BCUT2D eigenvalue weighted by Crippen LogP contribution is -1.98. The molecule has 2 aromatic rings. The van der Waals surface area contributed by atoms with E-state index in [9.17, 15) is 4.39 Å². The van der Waals surface area contributed by atoms with Crippen molar-refractivity contribution in [2.45, 2.75) is 6.61 Å². The molecule has 0 aliphatic rings.